The molecular formula is C15H20N2O3. The maximum atomic E-state index is 11.9. The summed E-state index contributed by atoms with van der Waals surface area (Å²) in [5, 5.41) is 11.6. The van der Waals surface area contributed by atoms with E-state index in [2.05, 4.69) is 5.32 Å². The summed E-state index contributed by atoms with van der Waals surface area (Å²) in [5.74, 6) is -0.275. The molecule has 1 aromatic rings. The smallest absolute Gasteiger partial charge is 0.253 e. The molecule has 0 radical (unpaired) electrons. The quantitative estimate of drug-likeness (QED) is 0.740. The molecule has 0 saturated carbocycles. The van der Waals surface area contributed by atoms with Crippen molar-refractivity contribution < 1.29 is 14.3 Å². The Morgan fingerprint density at radius 3 is 2.80 bits per heavy atom. The molecule has 0 bridgehead atoms. The van der Waals surface area contributed by atoms with Crippen LogP contribution in [0.3, 0.4) is 0 Å². The molecular weight excluding hydrogens is 256 g/mol. The van der Waals surface area contributed by atoms with E-state index in [-0.39, 0.29) is 5.91 Å². The van der Waals surface area contributed by atoms with Gasteiger partial charge < -0.3 is 14.8 Å². The van der Waals surface area contributed by atoms with Crippen molar-refractivity contribution in [1.29, 1.82) is 5.26 Å². The van der Waals surface area contributed by atoms with E-state index in [0.717, 1.165) is 6.42 Å². The summed E-state index contributed by atoms with van der Waals surface area (Å²) < 4.78 is 10.6. The van der Waals surface area contributed by atoms with Crippen LogP contribution >= 0.6 is 0 Å². The predicted octanol–water partition coefficient (Wildman–Crippen LogP) is 2.33. The van der Waals surface area contributed by atoms with Crippen LogP contribution in [0, 0.1) is 11.3 Å². The molecule has 1 atom stereocenters. The van der Waals surface area contributed by atoms with Crippen LogP contribution in [-0.2, 0) is 14.3 Å². The van der Waals surface area contributed by atoms with Gasteiger partial charge in [0.25, 0.3) is 5.91 Å². The standard InChI is InChI=1S/C15H20N2O3/c1-3-8-19-9-10-20-12(2)15(18)17-14-7-5-4-6-13(14)11-16/h4-7,12H,3,8-10H2,1-2H3,(H,17,18). The zero-order chi connectivity index (χ0) is 14.8. The Kier molecular flexibility index (Phi) is 7.33. The molecule has 0 aliphatic heterocycles. The molecule has 5 nitrogen and oxygen atoms in total. The number of nitriles is 1. The van der Waals surface area contributed by atoms with Gasteiger partial charge in [-0.2, -0.15) is 5.26 Å². The average molecular weight is 276 g/mol. The number of hydrogen-bond donors (Lipinski definition) is 1. The highest BCUT2D eigenvalue weighted by Crippen LogP contribution is 2.14. The topological polar surface area (TPSA) is 71.3 Å². The summed E-state index contributed by atoms with van der Waals surface area (Å²) in [4.78, 5) is 11.9. The van der Waals surface area contributed by atoms with Gasteiger partial charge >= 0.3 is 0 Å². The van der Waals surface area contributed by atoms with E-state index in [9.17, 15) is 4.79 Å². The van der Waals surface area contributed by atoms with Gasteiger partial charge in [0.2, 0.25) is 0 Å². The first kappa shape index (κ1) is 16.2. The molecule has 0 aliphatic rings. The number of carbonyl (C=O) groups is 1. The molecule has 1 aromatic carbocycles. The number of nitrogens with zero attached hydrogens (tertiary/aromatic N) is 1. The third kappa shape index (κ3) is 5.39. The van der Waals surface area contributed by atoms with Crippen molar-refractivity contribution in [2.24, 2.45) is 0 Å². The Morgan fingerprint density at radius 1 is 1.35 bits per heavy atom. The monoisotopic (exact) mass is 276 g/mol. The fraction of sp³-hybridized carbons (Fsp3) is 0.467. The number of ether oxygens (including phenoxy) is 2. The van der Waals surface area contributed by atoms with E-state index >= 15 is 0 Å². The number of rotatable bonds is 8. The van der Waals surface area contributed by atoms with Gasteiger partial charge in [-0.3, -0.25) is 4.79 Å². The van der Waals surface area contributed by atoms with Crippen molar-refractivity contribution in [3.05, 3.63) is 29.8 Å². The van der Waals surface area contributed by atoms with Crippen LogP contribution in [0.25, 0.3) is 0 Å². The zero-order valence-electron chi connectivity index (χ0n) is 11.9. The van der Waals surface area contributed by atoms with Crippen LogP contribution in [0.1, 0.15) is 25.8 Å². The van der Waals surface area contributed by atoms with Gasteiger partial charge in [0.05, 0.1) is 24.5 Å². The summed E-state index contributed by atoms with van der Waals surface area (Å²) in [5.41, 5.74) is 0.928. The molecule has 0 heterocycles. The Bertz CT molecular complexity index is 468. The van der Waals surface area contributed by atoms with Gasteiger partial charge in [-0.25, -0.2) is 0 Å². The van der Waals surface area contributed by atoms with Crippen molar-refractivity contribution in [2.75, 3.05) is 25.1 Å². The highest BCUT2D eigenvalue weighted by Gasteiger charge is 2.14. The first-order valence-corrected chi connectivity index (χ1v) is 6.68. The summed E-state index contributed by atoms with van der Waals surface area (Å²) in [7, 11) is 0. The van der Waals surface area contributed by atoms with Crippen molar-refractivity contribution in [3.63, 3.8) is 0 Å². The van der Waals surface area contributed by atoms with E-state index < -0.39 is 6.10 Å². The van der Waals surface area contributed by atoms with Crippen LogP contribution in [0.4, 0.5) is 5.69 Å². The lowest BCUT2D eigenvalue weighted by Gasteiger charge is -2.14. The summed E-state index contributed by atoms with van der Waals surface area (Å²) in [6.45, 7) is 5.24. The highest BCUT2D eigenvalue weighted by atomic mass is 16.5. The zero-order valence-corrected chi connectivity index (χ0v) is 11.9. The molecule has 1 rings (SSSR count). The van der Waals surface area contributed by atoms with Gasteiger partial charge in [0.1, 0.15) is 12.2 Å². The van der Waals surface area contributed by atoms with E-state index in [4.69, 9.17) is 14.7 Å². The number of amides is 1. The van der Waals surface area contributed by atoms with Crippen LogP contribution < -0.4 is 5.32 Å². The van der Waals surface area contributed by atoms with Gasteiger partial charge in [-0.1, -0.05) is 19.1 Å². The number of para-hydroxylation sites is 1. The van der Waals surface area contributed by atoms with Gasteiger partial charge in [-0.05, 0) is 25.5 Å². The lowest BCUT2D eigenvalue weighted by Crippen LogP contribution is -2.29. The molecule has 1 amide bonds. The Balaban J connectivity index is 2.40. The Morgan fingerprint density at radius 2 is 2.10 bits per heavy atom. The Hall–Kier alpha value is -1.90. The molecule has 0 fully saturated rings. The molecule has 1 N–H and O–H groups in total. The van der Waals surface area contributed by atoms with Crippen molar-refractivity contribution >= 4 is 11.6 Å². The Labute approximate surface area is 119 Å². The van der Waals surface area contributed by atoms with Gasteiger partial charge in [0, 0.05) is 6.61 Å². The molecule has 0 saturated heterocycles. The first-order chi connectivity index (χ1) is 9.69. The number of carbonyl (C=O) groups excluding carboxylic acids is 1. The van der Waals surface area contributed by atoms with Crippen molar-refractivity contribution in [2.45, 2.75) is 26.4 Å². The second-order valence-corrected chi connectivity index (χ2v) is 4.27. The fourth-order valence-electron chi connectivity index (χ4n) is 1.53. The summed E-state index contributed by atoms with van der Waals surface area (Å²) in [6, 6.07) is 8.88. The second-order valence-electron chi connectivity index (χ2n) is 4.27. The number of nitrogens with one attached hydrogen (secondary N) is 1. The van der Waals surface area contributed by atoms with Gasteiger partial charge in [0.15, 0.2) is 0 Å². The highest BCUT2D eigenvalue weighted by molar-refractivity contribution is 5.95. The van der Waals surface area contributed by atoms with Crippen LogP contribution in [-0.4, -0.2) is 31.8 Å². The van der Waals surface area contributed by atoms with Crippen molar-refractivity contribution in [3.8, 4) is 6.07 Å². The lowest BCUT2D eigenvalue weighted by atomic mass is 10.2. The molecule has 0 spiro atoms. The summed E-state index contributed by atoms with van der Waals surface area (Å²) >= 11 is 0. The number of benzene rings is 1. The largest absolute Gasteiger partial charge is 0.379 e. The third-order valence-electron chi connectivity index (χ3n) is 2.62. The molecule has 5 heteroatoms. The van der Waals surface area contributed by atoms with E-state index in [1.165, 1.54) is 0 Å². The molecule has 0 aromatic heterocycles. The molecule has 20 heavy (non-hydrogen) atoms. The van der Waals surface area contributed by atoms with E-state index in [1.54, 1.807) is 31.2 Å². The maximum Gasteiger partial charge on any atom is 0.253 e. The normalized spacial score (nSPS) is 11.7. The van der Waals surface area contributed by atoms with Crippen LogP contribution in [0.2, 0.25) is 0 Å². The van der Waals surface area contributed by atoms with Crippen LogP contribution in [0.15, 0.2) is 24.3 Å². The van der Waals surface area contributed by atoms with E-state index in [1.807, 2.05) is 13.0 Å². The summed E-state index contributed by atoms with van der Waals surface area (Å²) in [6.07, 6.45) is 0.369. The number of hydrogen-bond acceptors (Lipinski definition) is 4. The fourth-order valence-corrected chi connectivity index (χ4v) is 1.53. The molecule has 0 aliphatic carbocycles. The minimum Gasteiger partial charge on any atom is -0.379 e. The van der Waals surface area contributed by atoms with Gasteiger partial charge in [-0.15, -0.1) is 0 Å². The van der Waals surface area contributed by atoms with Crippen LogP contribution in [0.5, 0.6) is 0 Å². The second kappa shape index (κ2) is 9.08. The lowest BCUT2D eigenvalue weighted by molar-refractivity contribution is -0.127. The molecule has 108 valence electrons. The predicted molar refractivity (Wildman–Crippen MR) is 76.3 cm³/mol. The van der Waals surface area contributed by atoms with Crippen molar-refractivity contribution in [1.82, 2.24) is 0 Å². The average Bonchev–Trinajstić information content (AvgIpc) is 2.47. The molecule has 1 unspecified atom stereocenters. The third-order valence-corrected chi connectivity index (χ3v) is 2.62. The SMILES string of the molecule is CCCOCCOC(C)C(=O)Nc1ccccc1C#N. The minimum absolute atomic E-state index is 0.275. The van der Waals surface area contributed by atoms with E-state index in [0.29, 0.717) is 31.1 Å². The first-order valence-electron chi connectivity index (χ1n) is 6.68. The number of anilines is 1. The maximum absolute atomic E-state index is 11.9. The minimum atomic E-state index is -0.591.